The molecule has 0 aromatic rings. The fourth-order valence-electron chi connectivity index (χ4n) is 1.84. The Morgan fingerprint density at radius 2 is 2.22 bits per heavy atom. The normalized spacial score (nSPS) is 50.7. The Labute approximate surface area is 58.7 Å². The van der Waals surface area contributed by atoms with Crippen molar-refractivity contribution in [1.29, 1.82) is 0 Å². The molecule has 0 saturated heterocycles. The molecule has 0 radical (unpaired) electrons. The minimum absolute atomic E-state index is 0.569. The maximum atomic E-state index is 4.12. The summed E-state index contributed by atoms with van der Waals surface area (Å²) in [6, 6.07) is 0. The third-order valence-corrected chi connectivity index (χ3v) is 3.46. The van der Waals surface area contributed by atoms with Gasteiger partial charge < -0.3 is 6.92 Å². The number of hydrogen-bond donors (Lipinski definition) is 0. The molecule has 0 amide bonds. The SMILES string of the molecule is [CH2-]C1CC(C)C1(C)CC. The summed E-state index contributed by atoms with van der Waals surface area (Å²) in [6.07, 6.45) is 2.63. The molecule has 3 atom stereocenters. The molecule has 0 heterocycles. The van der Waals surface area contributed by atoms with Gasteiger partial charge in [-0.05, 0) is 5.92 Å². The second-order valence-electron chi connectivity index (χ2n) is 3.69. The summed E-state index contributed by atoms with van der Waals surface area (Å²) in [6.45, 7) is 11.1. The molecule has 3 unspecified atom stereocenters. The highest BCUT2D eigenvalue weighted by atomic mass is 14.5. The highest BCUT2D eigenvalue weighted by molar-refractivity contribution is 4.97. The summed E-state index contributed by atoms with van der Waals surface area (Å²) < 4.78 is 0. The molecule has 0 bridgehead atoms. The summed E-state index contributed by atoms with van der Waals surface area (Å²) in [5.74, 6) is 1.63. The lowest BCUT2D eigenvalue weighted by Crippen LogP contribution is -2.43. The first-order valence-corrected chi connectivity index (χ1v) is 3.94. The molecule has 1 fully saturated rings. The molecule has 0 aliphatic heterocycles. The van der Waals surface area contributed by atoms with Crippen molar-refractivity contribution < 1.29 is 0 Å². The van der Waals surface area contributed by atoms with Crippen LogP contribution in [-0.4, -0.2) is 0 Å². The van der Waals surface area contributed by atoms with Crippen molar-refractivity contribution in [2.75, 3.05) is 0 Å². The fourth-order valence-corrected chi connectivity index (χ4v) is 1.84. The number of hydrogen-bond acceptors (Lipinski definition) is 0. The maximum Gasteiger partial charge on any atom is -0.0432 e. The monoisotopic (exact) mass is 125 g/mol. The van der Waals surface area contributed by atoms with Crippen molar-refractivity contribution in [2.24, 2.45) is 17.3 Å². The zero-order valence-corrected chi connectivity index (χ0v) is 6.78. The van der Waals surface area contributed by atoms with Crippen LogP contribution in [0.4, 0.5) is 0 Å². The van der Waals surface area contributed by atoms with E-state index in [1.807, 2.05) is 0 Å². The van der Waals surface area contributed by atoms with Crippen molar-refractivity contribution in [3.63, 3.8) is 0 Å². The summed E-state index contributed by atoms with van der Waals surface area (Å²) in [4.78, 5) is 0. The minimum atomic E-state index is 0.569. The van der Waals surface area contributed by atoms with Gasteiger partial charge in [0.1, 0.15) is 0 Å². The van der Waals surface area contributed by atoms with Gasteiger partial charge in [0, 0.05) is 0 Å². The van der Waals surface area contributed by atoms with Crippen LogP contribution in [0.3, 0.4) is 0 Å². The molecule has 1 aliphatic rings. The number of rotatable bonds is 1. The topological polar surface area (TPSA) is 0 Å². The van der Waals surface area contributed by atoms with E-state index in [0.717, 1.165) is 11.8 Å². The largest absolute Gasteiger partial charge is 0.340 e. The van der Waals surface area contributed by atoms with E-state index in [9.17, 15) is 0 Å². The van der Waals surface area contributed by atoms with E-state index in [1.54, 1.807) is 0 Å². The third kappa shape index (κ3) is 0.798. The second-order valence-corrected chi connectivity index (χ2v) is 3.69. The van der Waals surface area contributed by atoms with Crippen LogP contribution in [0.2, 0.25) is 0 Å². The molecule has 1 rings (SSSR count). The lowest BCUT2D eigenvalue weighted by atomic mass is 9.54. The first kappa shape index (κ1) is 7.11. The van der Waals surface area contributed by atoms with Crippen LogP contribution < -0.4 is 0 Å². The standard InChI is InChI=1S/C9H17/c1-5-9(4)7(2)6-8(9)3/h7-8H,2,5-6H2,1,3-4H3/q-1. The quantitative estimate of drug-likeness (QED) is 0.473. The molecule has 9 heavy (non-hydrogen) atoms. The Bertz CT molecular complexity index is 96.6. The van der Waals surface area contributed by atoms with Crippen LogP contribution in [0.25, 0.3) is 0 Å². The smallest absolute Gasteiger partial charge is 0.0432 e. The first-order valence-electron chi connectivity index (χ1n) is 3.94. The van der Waals surface area contributed by atoms with Gasteiger partial charge in [-0.15, -0.1) is 0 Å². The lowest BCUT2D eigenvalue weighted by molar-refractivity contribution is -0.000292. The summed E-state index contributed by atoms with van der Waals surface area (Å²) in [7, 11) is 0. The van der Waals surface area contributed by atoms with Crippen LogP contribution >= 0.6 is 0 Å². The molecule has 0 heteroatoms. The summed E-state index contributed by atoms with van der Waals surface area (Å²) in [5, 5.41) is 0. The Hall–Kier alpha value is 0. The molecule has 54 valence electrons. The van der Waals surface area contributed by atoms with E-state index in [1.165, 1.54) is 12.8 Å². The van der Waals surface area contributed by atoms with Gasteiger partial charge in [0.05, 0.1) is 0 Å². The van der Waals surface area contributed by atoms with E-state index in [2.05, 4.69) is 27.7 Å². The molecule has 0 nitrogen and oxygen atoms in total. The van der Waals surface area contributed by atoms with Crippen molar-refractivity contribution >= 4 is 0 Å². The predicted molar refractivity (Wildman–Crippen MR) is 41.0 cm³/mol. The Balaban J connectivity index is 2.55. The van der Waals surface area contributed by atoms with Crippen LogP contribution in [0.5, 0.6) is 0 Å². The molecule has 1 saturated carbocycles. The molecule has 0 aromatic heterocycles. The first-order chi connectivity index (χ1) is 4.11. The van der Waals surface area contributed by atoms with E-state index >= 15 is 0 Å². The van der Waals surface area contributed by atoms with Crippen molar-refractivity contribution in [3.8, 4) is 0 Å². The van der Waals surface area contributed by atoms with Gasteiger partial charge >= 0.3 is 0 Å². The van der Waals surface area contributed by atoms with E-state index in [0.29, 0.717) is 5.41 Å². The second kappa shape index (κ2) is 2.00. The maximum absolute atomic E-state index is 4.12. The Kier molecular flexibility index (Phi) is 1.58. The van der Waals surface area contributed by atoms with Crippen molar-refractivity contribution in [3.05, 3.63) is 6.92 Å². The van der Waals surface area contributed by atoms with Crippen LogP contribution in [0, 0.1) is 24.2 Å². The van der Waals surface area contributed by atoms with Crippen LogP contribution in [-0.2, 0) is 0 Å². The van der Waals surface area contributed by atoms with E-state index < -0.39 is 0 Å². The van der Waals surface area contributed by atoms with E-state index in [-0.39, 0.29) is 0 Å². The van der Waals surface area contributed by atoms with Crippen LogP contribution in [0.15, 0.2) is 0 Å². The molecule has 0 aromatic carbocycles. The van der Waals surface area contributed by atoms with Gasteiger partial charge in [0.25, 0.3) is 0 Å². The Morgan fingerprint density at radius 3 is 2.33 bits per heavy atom. The molecule has 0 spiro atoms. The van der Waals surface area contributed by atoms with E-state index in [4.69, 9.17) is 0 Å². The minimum Gasteiger partial charge on any atom is -0.340 e. The van der Waals surface area contributed by atoms with Gasteiger partial charge in [-0.25, -0.2) is 0 Å². The zero-order chi connectivity index (χ0) is 7.07. The summed E-state index contributed by atoms with van der Waals surface area (Å²) in [5.41, 5.74) is 0.569. The van der Waals surface area contributed by atoms with Crippen molar-refractivity contribution in [1.82, 2.24) is 0 Å². The molecule has 0 N–H and O–H groups in total. The van der Waals surface area contributed by atoms with Crippen LogP contribution in [0.1, 0.15) is 33.6 Å². The lowest BCUT2D eigenvalue weighted by Gasteiger charge is -2.56. The molecular formula is C9H17-. The highest BCUT2D eigenvalue weighted by Gasteiger charge is 2.39. The van der Waals surface area contributed by atoms with Gasteiger partial charge in [-0.1, -0.05) is 39.0 Å². The predicted octanol–water partition coefficient (Wildman–Crippen LogP) is 2.89. The highest BCUT2D eigenvalue weighted by Crippen LogP contribution is 2.52. The van der Waals surface area contributed by atoms with Gasteiger partial charge in [0.2, 0.25) is 0 Å². The average Bonchev–Trinajstić information content (AvgIpc) is 1.87. The molecular weight excluding hydrogens is 108 g/mol. The Morgan fingerprint density at radius 1 is 1.67 bits per heavy atom. The van der Waals surface area contributed by atoms with Gasteiger partial charge in [-0.2, -0.15) is 5.92 Å². The zero-order valence-electron chi connectivity index (χ0n) is 6.78. The average molecular weight is 125 g/mol. The third-order valence-electron chi connectivity index (χ3n) is 3.46. The summed E-state index contributed by atoms with van der Waals surface area (Å²) >= 11 is 0. The van der Waals surface area contributed by atoms with Gasteiger partial charge in [-0.3, -0.25) is 0 Å². The fraction of sp³-hybridized carbons (Fsp3) is 0.889. The van der Waals surface area contributed by atoms with Gasteiger partial charge in [0.15, 0.2) is 0 Å². The van der Waals surface area contributed by atoms with Crippen molar-refractivity contribution in [2.45, 2.75) is 33.6 Å². The molecule has 1 aliphatic carbocycles.